The minimum atomic E-state index is -0.256. The zero-order chi connectivity index (χ0) is 20.5. The van der Waals surface area contributed by atoms with Gasteiger partial charge in [-0.1, -0.05) is 25.6 Å². The van der Waals surface area contributed by atoms with Crippen molar-refractivity contribution in [2.24, 2.45) is 0 Å². The number of thioether (sulfide) groups is 1. The maximum atomic E-state index is 13.1. The van der Waals surface area contributed by atoms with E-state index in [-0.39, 0.29) is 23.0 Å². The summed E-state index contributed by atoms with van der Waals surface area (Å²) < 4.78 is 3.46. The van der Waals surface area contributed by atoms with Gasteiger partial charge in [-0.3, -0.25) is 14.2 Å². The molecule has 1 unspecified atom stereocenters. The molecule has 0 bridgehead atoms. The Hall–Kier alpha value is -1.87. The third-order valence-electron chi connectivity index (χ3n) is 5.07. The van der Waals surface area contributed by atoms with Crippen molar-refractivity contribution in [2.45, 2.75) is 57.8 Å². The van der Waals surface area contributed by atoms with Crippen LogP contribution in [0.1, 0.15) is 47.1 Å². The standard InChI is InChI=1S/C19H30N6O2S/c1-6-23(7-2)9-8-20-15(26)10-13-12-28-18-22-16-14(17(27)24(13)18)11-21-25(16)19(3,4)5/h11,13H,6-10,12H2,1-5H3,(H,20,26). The van der Waals surface area contributed by atoms with E-state index >= 15 is 0 Å². The average Bonchev–Trinajstić information content (AvgIpc) is 3.23. The molecule has 154 valence electrons. The van der Waals surface area contributed by atoms with Gasteiger partial charge in [0, 0.05) is 25.3 Å². The molecule has 28 heavy (non-hydrogen) atoms. The van der Waals surface area contributed by atoms with Crippen LogP contribution in [-0.4, -0.2) is 62.1 Å². The summed E-state index contributed by atoms with van der Waals surface area (Å²) in [5.74, 6) is 0.657. The Bertz CT molecular complexity index is 910. The van der Waals surface area contributed by atoms with E-state index in [0.29, 0.717) is 34.9 Å². The monoisotopic (exact) mass is 406 g/mol. The average molecular weight is 407 g/mol. The predicted molar refractivity (Wildman–Crippen MR) is 112 cm³/mol. The number of fused-ring (bicyclic) bond motifs is 2. The number of rotatable bonds is 7. The molecule has 1 atom stereocenters. The Morgan fingerprint density at radius 3 is 2.71 bits per heavy atom. The van der Waals surface area contributed by atoms with Crippen LogP contribution in [0.4, 0.5) is 0 Å². The third kappa shape index (κ3) is 4.10. The van der Waals surface area contributed by atoms with E-state index in [2.05, 4.69) is 29.2 Å². The predicted octanol–water partition coefficient (Wildman–Crippen LogP) is 1.84. The van der Waals surface area contributed by atoms with E-state index in [1.165, 1.54) is 11.8 Å². The van der Waals surface area contributed by atoms with Gasteiger partial charge in [0.2, 0.25) is 5.91 Å². The first-order valence-electron chi connectivity index (χ1n) is 9.88. The van der Waals surface area contributed by atoms with Gasteiger partial charge in [0.05, 0.1) is 17.8 Å². The highest BCUT2D eigenvalue weighted by atomic mass is 32.2. The molecule has 1 N–H and O–H groups in total. The fourth-order valence-electron chi connectivity index (χ4n) is 3.45. The van der Waals surface area contributed by atoms with Crippen LogP contribution >= 0.6 is 11.8 Å². The summed E-state index contributed by atoms with van der Waals surface area (Å²) in [5.41, 5.74) is 0.245. The molecular weight excluding hydrogens is 376 g/mol. The van der Waals surface area contributed by atoms with Gasteiger partial charge in [0.1, 0.15) is 5.39 Å². The highest BCUT2D eigenvalue weighted by molar-refractivity contribution is 7.99. The zero-order valence-corrected chi connectivity index (χ0v) is 18.2. The van der Waals surface area contributed by atoms with Crippen molar-refractivity contribution in [1.82, 2.24) is 29.5 Å². The van der Waals surface area contributed by atoms with Gasteiger partial charge >= 0.3 is 0 Å². The van der Waals surface area contributed by atoms with Crippen molar-refractivity contribution in [3.05, 3.63) is 16.6 Å². The second kappa shape index (κ2) is 8.24. The van der Waals surface area contributed by atoms with Crippen molar-refractivity contribution in [2.75, 3.05) is 31.9 Å². The molecule has 0 aliphatic carbocycles. The van der Waals surface area contributed by atoms with Gasteiger partial charge in [0.15, 0.2) is 10.8 Å². The molecule has 8 nitrogen and oxygen atoms in total. The molecule has 1 aliphatic rings. The number of likely N-dealkylation sites (N-methyl/N-ethyl adjacent to an activating group) is 1. The Morgan fingerprint density at radius 2 is 2.07 bits per heavy atom. The van der Waals surface area contributed by atoms with Gasteiger partial charge in [-0.05, 0) is 33.9 Å². The fourth-order valence-corrected chi connectivity index (χ4v) is 4.58. The minimum Gasteiger partial charge on any atom is -0.355 e. The Balaban J connectivity index is 1.75. The van der Waals surface area contributed by atoms with Crippen LogP contribution < -0.4 is 10.9 Å². The van der Waals surface area contributed by atoms with E-state index in [4.69, 9.17) is 4.98 Å². The number of hydrogen-bond acceptors (Lipinski definition) is 6. The first kappa shape index (κ1) is 20.9. The normalized spacial score (nSPS) is 16.7. The van der Waals surface area contributed by atoms with Crippen molar-refractivity contribution < 1.29 is 4.79 Å². The van der Waals surface area contributed by atoms with Gasteiger partial charge in [-0.2, -0.15) is 5.10 Å². The SMILES string of the molecule is CCN(CC)CCNC(=O)CC1CSc2nc3c(cnn3C(C)(C)C)c(=O)n21. The molecule has 0 radical (unpaired) electrons. The summed E-state index contributed by atoms with van der Waals surface area (Å²) in [6.45, 7) is 13.7. The van der Waals surface area contributed by atoms with E-state index in [0.717, 1.165) is 19.6 Å². The molecule has 0 aromatic carbocycles. The van der Waals surface area contributed by atoms with Crippen LogP contribution in [-0.2, 0) is 10.3 Å². The molecule has 3 rings (SSSR count). The number of hydrogen-bond donors (Lipinski definition) is 1. The molecule has 0 saturated heterocycles. The number of aromatic nitrogens is 4. The molecule has 3 heterocycles. The number of nitrogens with zero attached hydrogens (tertiary/aromatic N) is 5. The Morgan fingerprint density at radius 1 is 1.36 bits per heavy atom. The van der Waals surface area contributed by atoms with E-state index in [9.17, 15) is 9.59 Å². The molecule has 1 amide bonds. The molecule has 9 heteroatoms. The fraction of sp³-hybridized carbons (Fsp3) is 0.684. The van der Waals surface area contributed by atoms with E-state index in [1.54, 1.807) is 15.4 Å². The summed E-state index contributed by atoms with van der Waals surface area (Å²) in [6, 6.07) is -0.171. The first-order valence-corrected chi connectivity index (χ1v) is 10.9. The Labute approximate surface area is 169 Å². The second-order valence-corrected chi connectivity index (χ2v) is 9.07. The highest BCUT2D eigenvalue weighted by Gasteiger charge is 2.30. The maximum Gasteiger partial charge on any atom is 0.265 e. The van der Waals surface area contributed by atoms with Crippen LogP contribution in [0.25, 0.3) is 11.0 Å². The molecule has 2 aromatic heterocycles. The lowest BCUT2D eigenvalue weighted by atomic mass is 10.1. The summed E-state index contributed by atoms with van der Waals surface area (Å²) in [7, 11) is 0. The first-order chi connectivity index (χ1) is 13.3. The van der Waals surface area contributed by atoms with Gasteiger partial charge in [-0.15, -0.1) is 0 Å². The van der Waals surface area contributed by atoms with Crippen LogP contribution in [0.3, 0.4) is 0 Å². The molecular formula is C19H30N6O2S. The van der Waals surface area contributed by atoms with Crippen LogP contribution in [0, 0.1) is 0 Å². The summed E-state index contributed by atoms with van der Waals surface area (Å²) in [4.78, 5) is 32.4. The minimum absolute atomic E-state index is 0.0250. The van der Waals surface area contributed by atoms with Gasteiger partial charge in [-0.25, -0.2) is 9.67 Å². The topological polar surface area (TPSA) is 85.1 Å². The van der Waals surface area contributed by atoms with Crippen LogP contribution in [0.15, 0.2) is 16.1 Å². The maximum absolute atomic E-state index is 13.1. The Kier molecular flexibility index (Phi) is 6.14. The largest absolute Gasteiger partial charge is 0.355 e. The van der Waals surface area contributed by atoms with Crippen molar-refractivity contribution in [1.29, 1.82) is 0 Å². The lowest BCUT2D eigenvalue weighted by molar-refractivity contribution is -0.121. The van der Waals surface area contributed by atoms with Crippen molar-refractivity contribution >= 4 is 28.7 Å². The summed E-state index contributed by atoms with van der Waals surface area (Å²) >= 11 is 1.53. The second-order valence-electron chi connectivity index (χ2n) is 8.08. The lowest BCUT2D eigenvalue weighted by Crippen LogP contribution is -2.36. The number of nitrogens with one attached hydrogen (secondary N) is 1. The summed E-state index contributed by atoms with van der Waals surface area (Å²) in [5, 5.41) is 8.53. The van der Waals surface area contributed by atoms with Crippen LogP contribution in [0.5, 0.6) is 0 Å². The van der Waals surface area contributed by atoms with Gasteiger partial charge in [0.25, 0.3) is 5.56 Å². The highest BCUT2D eigenvalue weighted by Crippen LogP contribution is 2.33. The number of amides is 1. The molecule has 1 aliphatic heterocycles. The van der Waals surface area contributed by atoms with Crippen molar-refractivity contribution in [3.8, 4) is 0 Å². The molecule has 0 fully saturated rings. The number of carbonyl (C=O) groups is 1. The summed E-state index contributed by atoms with van der Waals surface area (Å²) in [6.07, 6.45) is 1.88. The molecule has 2 aromatic rings. The smallest absolute Gasteiger partial charge is 0.265 e. The molecule has 0 saturated carbocycles. The van der Waals surface area contributed by atoms with E-state index in [1.807, 2.05) is 20.8 Å². The third-order valence-corrected chi connectivity index (χ3v) is 6.17. The molecule has 0 spiro atoms. The quantitative estimate of drug-likeness (QED) is 0.707. The zero-order valence-electron chi connectivity index (χ0n) is 17.4. The van der Waals surface area contributed by atoms with Crippen molar-refractivity contribution in [3.63, 3.8) is 0 Å². The van der Waals surface area contributed by atoms with E-state index < -0.39 is 0 Å². The van der Waals surface area contributed by atoms with Crippen LogP contribution in [0.2, 0.25) is 0 Å². The lowest BCUT2D eigenvalue weighted by Gasteiger charge is -2.20. The van der Waals surface area contributed by atoms with Gasteiger partial charge < -0.3 is 10.2 Å². The number of carbonyl (C=O) groups excluding carboxylic acids is 1.